The van der Waals surface area contributed by atoms with Gasteiger partial charge in [-0.05, 0) is 0 Å². The van der Waals surface area contributed by atoms with Crippen molar-refractivity contribution in [1.82, 2.24) is 10.6 Å². The summed E-state index contributed by atoms with van der Waals surface area (Å²) in [6.07, 6.45) is -3.35. The molecule has 0 saturated carbocycles. The highest BCUT2D eigenvalue weighted by Gasteiger charge is 2.31. The summed E-state index contributed by atoms with van der Waals surface area (Å²) in [5.41, 5.74) is 0. The van der Waals surface area contributed by atoms with Crippen LogP contribution in [-0.4, -0.2) is 93.5 Å². The molecule has 4 atom stereocenters. The number of aliphatic carboxylic acids is 2. The highest BCUT2D eigenvalue weighted by Crippen LogP contribution is 1.97. The van der Waals surface area contributed by atoms with Gasteiger partial charge >= 0.3 is 11.9 Å². The van der Waals surface area contributed by atoms with Crippen molar-refractivity contribution in [2.45, 2.75) is 24.3 Å². The Morgan fingerprint density at radius 3 is 1.91 bits per heavy atom. The van der Waals surface area contributed by atoms with E-state index in [1.165, 1.54) is 0 Å². The summed E-state index contributed by atoms with van der Waals surface area (Å²) < 4.78 is 0. The Balaban J connectivity index is 4.29. The van der Waals surface area contributed by atoms with Crippen LogP contribution in [0.2, 0.25) is 0 Å². The Kier molecular flexibility index (Phi) is 10.5. The standard InChI is InChI=1S/C10H20N2O10/c13-6(4-22-20)5(3-21-19)11-1-2-12-7(9(15)16)8(14)10(17)18/h5-8,11-14,19-20H,1-4H2,(H,15,16)(H,17,18). The zero-order valence-electron chi connectivity index (χ0n) is 11.5. The second-order valence-corrected chi connectivity index (χ2v) is 4.27. The van der Waals surface area contributed by atoms with Crippen LogP contribution in [0.25, 0.3) is 0 Å². The number of hydrogen-bond donors (Lipinski definition) is 8. The molecule has 0 aromatic rings. The van der Waals surface area contributed by atoms with Crippen molar-refractivity contribution in [2.75, 3.05) is 26.3 Å². The molecule has 0 aliphatic heterocycles. The summed E-state index contributed by atoms with van der Waals surface area (Å²) in [5, 5.41) is 57.6. The van der Waals surface area contributed by atoms with Crippen molar-refractivity contribution in [3.05, 3.63) is 0 Å². The minimum atomic E-state index is -2.12. The van der Waals surface area contributed by atoms with Gasteiger partial charge in [0.15, 0.2) is 6.10 Å². The largest absolute Gasteiger partial charge is 0.480 e. The Morgan fingerprint density at radius 1 is 0.909 bits per heavy atom. The summed E-state index contributed by atoms with van der Waals surface area (Å²) in [7, 11) is 0. The van der Waals surface area contributed by atoms with Crippen LogP contribution in [0, 0.1) is 0 Å². The number of hydrogen-bond acceptors (Lipinski definition) is 10. The van der Waals surface area contributed by atoms with Crippen LogP contribution in [0.3, 0.4) is 0 Å². The predicted octanol–water partition coefficient (Wildman–Crippen LogP) is -3.23. The molecule has 22 heavy (non-hydrogen) atoms. The number of rotatable bonds is 13. The maximum Gasteiger partial charge on any atom is 0.334 e. The molecule has 0 radical (unpaired) electrons. The van der Waals surface area contributed by atoms with Crippen LogP contribution in [0.4, 0.5) is 0 Å². The third-order valence-electron chi connectivity index (χ3n) is 2.69. The molecule has 0 bridgehead atoms. The minimum Gasteiger partial charge on any atom is -0.480 e. The summed E-state index contributed by atoms with van der Waals surface area (Å²) in [4.78, 5) is 29.0. The van der Waals surface area contributed by atoms with Crippen LogP contribution >= 0.6 is 0 Å². The van der Waals surface area contributed by atoms with E-state index in [0.717, 1.165) is 0 Å². The Morgan fingerprint density at radius 2 is 1.45 bits per heavy atom. The lowest BCUT2D eigenvalue weighted by Gasteiger charge is -2.23. The maximum atomic E-state index is 10.8. The molecule has 0 aliphatic carbocycles. The van der Waals surface area contributed by atoms with Crippen molar-refractivity contribution < 1.29 is 50.3 Å². The Hall–Kier alpha value is -1.38. The molecule has 0 fully saturated rings. The smallest absolute Gasteiger partial charge is 0.334 e. The van der Waals surface area contributed by atoms with Crippen LogP contribution in [0.15, 0.2) is 0 Å². The zero-order valence-corrected chi connectivity index (χ0v) is 11.5. The van der Waals surface area contributed by atoms with Crippen molar-refractivity contribution in [2.24, 2.45) is 0 Å². The first-order valence-corrected chi connectivity index (χ1v) is 6.16. The molecule has 0 saturated heterocycles. The van der Waals surface area contributed by atoms with Gasteiger partial charge in [0.05, 0.1) is 18.8 Å². The molecule has 0 aromatic heterocycles. The Bertz CT molecular complexity index is 342. The van der Waals surface area contributed by atoms with Gasteiger partial charge in [-0.3, -0.25) is 15.3 Å². The van der Waals surface area contributed by atoms with Crippen molar-refractivity contribution in [3.8, 4) is 0 Å². The van der Waals surface area contributed by atoms with Gasteiger partial charge in [0.2, 0.25) is 0 Å². The molecule has 12 nitrogen and oxygen atoms in total. The molecule has 12 heteroatoms. The van der Waals surface area contributed by atoms with E-state index in [4.69, 9.17) is 20.7 Å². The topological polar surface area (TPSA) is 198 Å². The fraction of sp³-hybridized carbons (Fsp3) is 0.800. The third kappa shape index (κ3) is 7.58. The van der Waals surface area contributed by atoms with Crippen molar-refractivity contribution >= 4 is 11.9 Å². The lowest BCUT2D eigenvalue weighted by atomic mass is 10.1. The van der Waals surface area contributed by atoms with E-state index in [1.54, 1.807) is 0 Å². The van der Waals surface area contributed by atoms with E-state index in [0.29, 0.717) is 0 Å². The summed E-state index contributed by atoms with van der Waals surface area (Å²) in [6.45, 7) is -0.836. The quantitative estimate of drug-likeness (QED) is 0.0956. The second kappa shape index (κ2) is 11.2. The lowest BCUT2D eigenvalue weighted by molar-refractivity contribution is -0.272. The number of carbonyl (C=O) groups is 2. The molecule has 0 rings (SSSR count). The molecule has 130 valence electrons. The van der Waals surface area contributed by atoms with Gasteiger partial charge in [0.1, 0.15) is 12.6 Å². The molecule has 8 N–H and O–H groups in total. The van der Waals surface area contributed by atoms with Gasteiger partial charge in [-0.25, -0.2) is 14.6 Å². The van der Waals surface area contributed by atoms with E-state index in [2.05, 4.69) is 20.4 Å². The van der Waals surface area contributed by atoms with E-state index in [9.17, 15) is 19.8 Å². The minimum absolute atomic E-state index is 0.0344. The first-order chi connectivity index (χ1) is 10.3. The second-order valence-electron chi connectivity index (χ2n) is 4.27. The lowest BCUT2D eigenvalue weighted by Crippen LogP contribution is -2.53. The maximum absolute atomic E-state index is 10.8. The van der Waals surface area contributed by atoms with Crippen LogP contribution in [-0.2, 0) is 19.4 Å². The van der Waals surface area contributed by atoms with Gasteiger partial charge in [0.25, 0.3) is 0 Å². The number of aliphatic hydroxyl groups excluding tert-OH is 2. The first-order valence-electron chi connectivity index (χ1n) is 6.16. The number of nitrogens with one attached hydrogen (secondary N) is 2. The fourth-order valence-corrected chi connectivity index (χ4v) is 1.54. The SMILES string of the molecule is O=C(O)C(O)C(NCCNC(COO)C(O)COO)C(=O)O. The van der Waals surface area contributed by atoms with Gasteiger partial charge in [-0.15, -0.1) is 0 Å². The van der Waals surface area contributed by atoms with Crippen LogP contribution in [0.1, 0.15) is 0 Å². The average molecular weight is 328 g/mol. The van der Waals surface area contributed by atoms with Crippen molar-refractivity contribution in [1.29, 1.82) is 0 Å². The molecule has 0 heterocycles. The molecule has 0 spiro atoms. The molecule has 0 aromatic carbocycles. The van der Waals surface area contributed by atoms with Crippen molar-refractivity contribution in [3.63, 3.8) is 0 Å². The van der Waals surface area contributed by atoms with E-state index < -0.39 is 42.8 Å². The normalized spacial score (nSPS) is 16.7. The van der Waals surface area contributed by atoms with Gasteiger partial charge < -0.3 is 31.1 Å². The van der Waals surface area contributed by atoms with E-state index in [-0.39, 0.29) is 19.7 Å². The van der Waals surface area contributed by atoms with Crippen LogP contribution in [0.5, 0.6) is 0 Å². The monoisotopic (exact) mass is 328 g/mol. The highest BCUT2D eigenvalue weighted by molar-refractivity contribution is 5.84. The third-order valence-corrected chi connectivity index (χ3v) is 2.69. The van der Waals surface area contributed by atoms with Gasteiger partial charge in [-0.2, -0.15) is 0 Å². The number of aliphatic hydroxyl groups is 2. The summed E-state index contributed by atoms with van der Waals surface area (Å²) >= 11 is 0. The highest BCUT2D eigenvalue weighted by atomic mass is 17.1. The van der Waals surface area contributed by atoms with E-state index in [1.807, 2.05) is 0 Å². The average Bonchev–Trinajstić information content (AvgIpc) is 2.45. The number of carboxylic acid groups (broad SMARTS) is 2. The van der Waals surface area contributed by atoms with Gasteiger partial charge in [0, 0.05) is 13.1 Å². The summed E-state index contributed by atoms with van der Waals surface area (Å²) in [5.74, 6) is -3.23. The number of carboxylic acids is 2. The molecular weight excluding hydrogens is 308 g/mol. The van der Waals surface area contributed by atoms with E-state index >= 15 is 0 Å². The zero-order chi connectivity index (χ0) is 17.1. The predicted molar refractivity (Wildman–Crippen MR) is 68.0 cm³/mol. The molecule has 0 amide bonds. The molecule has 0 aliphatic rings. The fourth-order valence-electron chi connectivity index (χ4n) is 1.54. The van der Waals surface area contributed by atoms with Crippen LogP contribution < -0.4 is 10.6 Å². The first kappa shape index (κ1) is 20.6. The Labute approximate surface area is 124 Å². The molecule has 4 unspecified atom stereocenters. The van der Waals surface area contributed by atoms with Gasteiger partial charge in [-0.1, -0.05) is 0 Å². The summed E-state index contributed by atoms with van der Waals surface area (Å²) in [6, 6.07) is -2.55. The molecular formula is C10H20N2O10.